The Bertz CT molecular complexity index is 827. The number of primary amides is 1. The van der Waals surface area contributed by atoms with E-state index in [-0.39, 0.29) is 41.1 Å². The summed E-state index contributed by atoms with van der Waals surface area (Å²) in [5, 5.41) is 10.1. The molecule has 3 rings (SSSR count). The van der Waals surface area contributed by atoms with E-state index in [1.807, 2.05) is 0 Å². The third-order valence-electron chi connectivity index (χ3n) is 4.99. The highest BCUT2D eigenvalue weighted by atomic mass is 32.2. The summed E-state index contributed by atoms with van der Waals surface area (Å²) in [5.74, 6) is -1.40. The molecule has 148 valence electrons. The van der Waals surface area contributed by atoms with Gasteiger partial charge in [-0.2, -0.15) is 4.31 Å². The number of piperidine rings is 1. The fourth-order valence-electron chi connectivity index (χ4n) is 3.32. The summed E-state index contributed by atoms with van der Waals surface area (Å²) in [7, 11) is -3.78. The van der Waals surface area contributed by atoms with E-state index in [9.17, 15) is 23.1 Å². The SMILES string of the molecule is NC(=O)C1CCN(C(=O)c2cc(S(=O)(=O)N3CCOCC3)ccc2O)CC1. The summed E-state index contributed by atoms with van der Waals surface area (Å²) in [6.07, 6.45) is 0.904. The normalized spacial score (nSPS) is 19.8. The van der Waals surface area contributed by atoms with Crippen LogP contribution in [0.25, 0.3) is 0 Å². The monoisotopic (exact) mass is 397 g/mol. The molecule has 3 N–H and O–H groups in total. The number of phenolic OH excluding ortho intramolecular Hbond substituents is 1. The molecular formula is C17H23N3O6S. The molecule has 2 aliphatic rings. The second-order valence-electron chi connectivity index (χ2n) is 6.66. The summed E-state index contributed by atoms with van der Waals surface area (Å²) in [6, 6.07) is 3.72. The number of carbonyl (C=O) groups is 2. The van der Waals surface area contributed by atoms with Crippen LogP contribution in [0.1, 0.15) is 23.2 Å². The highest BCUT2D eigenvalue weighted by Crippen LogP contribution is 2.27. The average Bonchev–Trinajstić information content (AvgIpc) is 2.68. The number of amides is 2. The van der Waals surface area contributed by atoms with Crippen LogP contribution in [0.15, 0.2) is 23.1 Å². The number of rotatable bonds is 4. The first kappa shape index (κ1) is 19.6. The summed E-state index contributed by atoms with van der Waals surface area (Å²) < 4.78 is 32.0. The second kappa shape index (κ2) is 7.83. The summed E-state index contributed by atoms with van der Waals surface area (Å²) in [5.41, 5.74) is 5.23. The molecule has 1 aromatic rings. The van der Waals surface area contributed by atoms with Crippen molar-refractivity contribution in [2.45, 2.75) is 17.7 Å². The topological polar surface area (TPSA) is 130 Å². The fraction of sp³-hybridized carbons (Fsp3) is 0.529. The Kier molecular flexibility index (Phi) is 5.68. The molecule has 1 aromatic carbocycles. The smallest absolute Gasteiger partial charge is 0.257 e. The van der Waals surface area contributed by atoms with Crippen molar-refractivity contribution in [2.24, 2.45) is 11.7 Å². The summed E-state index contributed by atoms with van der Waals surface area (Å²) in [4.78, 5) is 25.5. The highest BCUT2D eigenvalue weighted by Gasteiger charge is 2.30. The molecule has 0 radical (unpaired) electrons. The summed E-state index contributed by atoms with van der Waals surface area (Å²) in [6.45, 7) is 1.77. The van der Waals surface area contributed by atoms with Crippen LogP contribution in [0.5, 0.6) is 5.75 Å². The maximum absolute atomic E-state index is 12.8. The molecule has 2 heterocycles. The van der Waals surface area contributed by atoms with E-state index in [0.717, 1.165) is 0 Å². The lowest BCUT2D eigenvalue weighted by molar-refractivity contribution is -0.123. The average molecular weight is 397 g/mol. The predicted molar refractivity (Wildman–Crippen MR) is 95.5 cm³/mol. The van der Waals surface area contributed by atoms with Crippen molar-refractivity contribution in [3.63, 3.8) is 0 Å². The minimum absolute atomic E-state index is 0.0439. The van der Waals surface area contributed by atoms with Crippen LogP contribution in [0.4, 0.5) is 0 Å². The van der Waals surface area contributed by atoms with Crippen LogP contribution in [-0.2, 0) is 19.6 Å². The van der Waals surface area contributed by atoms with Gasteiger partial charge in [0.25, 0.3) is 5.91 Å². The van der Waals surface area contributed by atoms with Gasteiger partial charge in [-0.25, -0.2) is 8.42 Å². The Morgan fingerprint density at radius 1 is 1.11 bits per heavy atom. The van der Waals surface area contributed by atoms with Gasteiger partial charge in [0, 0.05) is 32.1 Å². The quantitative estimate of drug-likeness (QED) is 0.721. The Balaban J connectivity index is 1.81. The number of hydrogen-bond donors (Lipinski definition) is 2. The molecular weight excluding hydrogens is 374 g/mol. The maximum atomic E-state index is 12.8. The Hall–Kier alpha value is -2.17. The van der Waals surface area contributed by atoms with Gasteiger partial charge in [-0.05, 0) is 31.0 Å². The number of nitrogens with zero attached hydrogens (tertiary/aromatic N) is 2. The molecule has 0 aliphatic carbocycles. The number of benzene rings is 1. The van der Waals surface area contributed by atoms with Gasteiger partial charge in [0.1, 0.15) is 5.75 Å². The van der Waals surface area contributed by atoms with E-state index in [1.165, 1.54) is 27.4 Å². The van der Waals surface area contributed by atoms with E-state index in [1.54, 1.807) is 0 Å². The van der Waals surface area contributed by atoms with E-state index in [0.29, 0.717) is 39.1 Å². The number of aromatic hydroxyl groups is 1. The molecule has 9 nitrogen and oxygen atoms in total. The zero-order valence-electron chi connectivity index (χ0n) is 14.8. The first-order chi connectivity index (χ1) is 12.8. The fourth-order valence-corrected chi connectivity index (χ4v) is 4.76. The van der Waals surface area contributed by atoms with Gasteiger partial charge >= 0.3 is 0 Å². The maximum Gasteiger partial charge on any atom is 0.257 e. The number of morpholine rings is 1. The second-order valence-corrected chi connectivity index (χ2v) is 8.60. The van der Waals surface area contributed by atoms with Crippen molar-refractivity contribution >= 4 is 21.8 Å². The minimum Gasteiger partial charge on any atom is -0.507 e. The molecule has 0 atom stereocenters. The lowest BCUT2D eigenvalue weighted by atomic mass is 9.96. The van der Waals surface area contributed by atoms with Crippen molar-refractivity contribution in [1.29, 1.82) is 0 Å². The molecule has 2 aliphatic heterocycles. The largest absolute Gasteiger partial charge is 0.507 e. The molecule has 2 amide bonds. The number of nitrogens with two attached hydrogens (primary N) is 1. The number of hydrogen-bond acceptors (Lipinski definition) is 6. The highest BCUT2D eigenvalue weighted by molar-refractivity contribution is 7.89. The molecule has 0 aromatic heterocycles. The summed E-state index contributed by atoms with van der Waals surface area (Å²) >= 11 is 0. The third kappa shape index (κ3) is 4.07. The van der Waals surface area contributed by atoms with Crippen molar-refractivity contribution in [1.82, 2.24) is 9.21 Å². The van der Waals surface area contributed by atoms with E-state index in [2.05, 4.69) is 0 Å². The van der Waals surface area contributed by atoms with E-state index < -0.39 is 15.9 Å². The Labute approximate surface area is 157 Å². The number of likely N-dealkylation sites (tertiary alicyclic amines) is 1. The molecule has 10 heteroatoms. The molecule has 2 saturated heterocycles. The lowest BCUT2D eigenvalue weighted by Crippen LogP contribution is -2.42. The van der Waals surface area contributed by atoms with Crippen LogP contribution < -0.4 is 5.73 Å². The van der Waals surface area contributed by atoms with Crippen LogP contribution in [0.2, 0.25) is 0 Å². The van der Waals surface area contributed by atoms with Crippen molar-refractivity contribution in [2.75, 3.05) is 39.4 Å². The third-order valence-corrected chi connectivity index (χ3v) is 6.89. The minimum atomic E-state index is -3.78. The Morgan fingerprint density at radius 3 is 2.33 bits per heavy atom. The van der Waals surface area contributed by atoms with Gasteiger partial charge in [-0.3, -0.25) is 9.59 Å². The number of phenols is 1. The van der Waals surface area contributed by atoms with Gasteiger partial charge < -0.3 is 20.5 Å². The van der Waals surface area contributed by atoms with Crippen LogP contribution >= 0.6 is 0 Å². The van der Waals surface area contributed by atoms with Crippen molar-refractivity contribution in [3.8, 4) is 5.75 Å². The first-order valence-corrected chi connectivity index (χ1v) is 10.2. The molecule has 0 bridgehead atoms. The number of sulfonamides is 1. The molecule has 2 fully saturated rings. The number of carbonyl (C=O) groups excluding carboxylic acids is 2. The van der Waals surface area contributed by atoms with E-state index in [4.69, 9.17) is 10.5 Å². The van der Waals surface area contributed by atoms with Crippen LogP contribution in [-0.4, -0.2) is 73.9 Å². The lowest BCUT2D eigenvalue weighted by Gasteiger charge is -2.31. The van der Waals surface area contributed by atoms with Crippen LogP contribution in [0, 0.1) is 5.92 Å². The molecule has 0 unspecified atom stereocenters. The van der Waals surface area contributed by atoms with Gasteiger partial charge in [0.2, 0.25) is 15.9 Å². The van der Waals surface area contributed by atoms with Gasteiger partial charge in [0.15, 0.2) is 0 Å². The Morgan fingerprint density at radius 2 is 1.74 bits per heavy atom. The zero-order valence-corrected chi connectivity index (χ0v) is 15.7. The van der Waals surface area contributed by atoms with Crippen molar-refractivity contribution < 1.29 is 27.9 Å². The molecule has 0 saturated carbocycles. The standard InChI is InChI=1S/C17H23N3O6S/c18-16(22)12-3-5-19(6-4-12)17(23)14-11-13(1-2-15(14)21)27(24,25)20-7-9-26-10-8-20/h1-2,11-12,21H,3-10H2,(H2,18,22). The molecule has 27 heavy (non-hydrogen) atoms. The molecule has 0 spiro atoms. The van der Waals surface area contributed by atoms with Crippen LogP contribution in [0.3, 0.4) is 0 Å². The number of ether oxygens (including phenoxy) is 1. The zero-order chi connectivity index (χ0) is 19.6. The van der Waals surface area contributed by atoms with Gasteiger partial charge in [-0.1, -0.05) is 0 Å². The first-order valence-electron chi connectivity index (χ1n) is 8.80. The van der Waals surface area contributed by atoms with E-state index >= 15 is 0 Å². The van der Waals surface area contributed by atoms with Crippen molar-refractivity contribution in [3.05, 3.63) is 23.8 Å². The van der Waals surface area contributed by atoms with Gasteiger partial charge in [-0.15, -0.1) is 0 Å². The van der Waals surface area contributed by atoms with Gasteiger partial charge in [0.05, 0.1) is 23.7 Å². The predicted octanol–water partition coefficient (Wildman–Crippen LogP) is -0.249.